The van der Waals surface area contributed by atoms with Gasteiger partial charge in [-0.2, -0.15) is 0 Å². The molecule has 0 saturated heterocycles. The highest BCUT2D eigenvalue weighted by Gasteiger charge is 2.34. The molecule has 0 bridgehead atoms. The first-order chi connectivity index (χ1) is 10.7. The van der Waals surface area contributed by atoms with E-state index in [4.69, 9.17) is 4.74 Å². The van der Waals surface area contributed by atoms with Gasteiger partial charge in [-0.3, -0.25) is 4.99 Å². The highest BCUT2D eigenvalue weighted by Crippen LogP contribution is 2.42. The summed E-state index contributed by atoms with van der Waals surface area (Å²) >= 11 is 0. The Morgan fingerprint density at radius 3 is 2.64 bits per heavy atom. The van der Waals surface area contributed by atoms with Gasteiger partial charge in [0, 0.05) is 20.1 Å². The first-order valence-corrected chi connectivity index (χ1v) is 8.29. The van der Waals surface area contributed by atoms with Crippen LogP contribution < -0.4 is 15.4 Å². The Bertz CT molecular complexity index is 489. The lowest BCUT2D eigenvalue weighted by Crippen LogP contribution is -2.46. The number of nitrogens with zero attached hydrogens (tertiary/aromatic N) is 1. The monoisotopic (exact) mass is 303 g/mol. The van der Waals surface area contributed by atoms with Crippen LogP contribution in [0, 0.1) is 5.41 Å². The van der Waals surface area contributed by atoms with Crippen LogP contribution >= 0.6 is 0 Å². The summed E-state index contributed by atoms with van der Waals surface area (Å²) in [5.41, 5.74) is 1.72. The Morgan fingerprint density at radius 2 is 2.05 bits per heavy atom. The van der Waals surface area contributed by atoms with Gasteiger partial charge >= 0.3 is 0 Å². The standard InChI is InChI=1S/C18H29N3O/c1-4-18(11-7-12-18)14-21-17(19-2)20-13-10-15-8-5-6-9-16(15)22-3/h5-6,8-9H,4,7,10-14H2,1-3H3,(H2,19,20,21). The third kappa shape index (κ3) is 4.15. The quantitative estimate of drug-likeness (QED) is 0.601. The number of aliphatic imine (C=N–C) groups is 1. The van der Waals surface area contributed by atoms with Crippen LogP contribution in [0.15, 0.2) is 29.3 Å². The van der Waals surface area contributed by atoms with E-state index in [0.717, 1.165) is 31.2 Å². The Kier molecular flexibility index (Phi) is 6.10. The molecule has 0 aromatic heterocycles. The minimum absolute atomic E-state index is 0.500. The minimum Gasteiger partial charge on any atom is -0.496 e. The highest BCUT2D eigenvalue weighted by atomic mass is 16.5. The molecule has 22 heavy (non-hydrogen) atoms. The maximum Gasteiger partial charge on any atom is 0.191 e. The topological polar surface area (TPSA) is 45.7 Å². The minimum atomic E-state index is 0.500. The van der Waals surface area contributed by atoms with Crippen LogP contribution in [0.2, 0.25) is 0 Å². The molecule has 0 atom stereocenters. The smallest absolute Gasteiger partial charge is 0.191 e. The van der Waals surface area contributed by atoms with Crippen molar-refractivity contribution in [3.8, 4) is 5.75 Å². The van der Waals surface area contributed by atoms with Crippen LogP contribution in [0.4, 0.5) is 0 Å². The third-order valence-corrected chi connectivity index (χ3v) is 4.90. The number of hydrogen-bond acceptors (Lipinski definition) is 2. The molecule has 4 heteroatoms. The molecule has 0 unspecified atom stereocenters. The van der Waals surface area contributed by atoms with Crippen molar-refractivity contribution < 1.29 is 4.74 Å². The van der Waals surface area contributed by atoms with Crippen molar-refractivity contribution >= 4 is 5.96 Å². The lowest BCUT2D eigenvalue weighted by Gasteiger charge is -2.41. The molecule has 1 aromatic rings. The number of nitrogens with one attached hydrogen (secondary N) is 2. The number of guanidine groups is 1. The lowest BCUT2D eigenvalue weighted by molar-refractivity contribution is 0.131. The molecule has 0 aliphatic heterocycles. The molecule has 0 radical (unpaired) electrons. The van der Waals surface area contributed by atoms with Crippen LogP contribution in [0.25, 0.3) is 0 Å². The third-order valence-electron chi connectivity index (χ3n) is 4.90. The number of ether oxygens (including phenoxy) is 1. The number of para-hydroxylation sites is 1. The summed E-state index contributed by atoms with van der Waals surface area (Å²) in [6, 6.07) is 8.16. The number of rotatable bonds is 7. The Balaban J connectivity index is 1.77. The van der Waals surface area contributed by atoms with Gasteiger partial charge in [0.1, 0.15) is 5.75 Å². The Labute approximate surface area is 134 Å². The molecule has 1 aromatic carbocycles. The van der Waals surface area contributed by atoms with Gasteiger partial charge in [0.05, 0.1) is 7.11 Å². The maximum absolute atomic E-state index is 5.38. The van der Waals surface area contributed by atoms with Gasteiger partial charge in [-0.05, 0) is 42.7 Å². The molecule has 2 rings (SSSR count). The van der Waals surface area contributed by atoms with Gasteiger partial charge in [0.25, 0.3) is 0 Å². The molecule has 1 aliphatic rings. The molecule has 1 fully saturated rings. The molecule has 1 aliphatic carbocycles. The van der Waals surface area contributed by atoms with Gasteiger partial charge in [0.15, 0.2) is 5.96 Å². The fraction of sp³-hybridized carbons (Fsp3) is 0.611. The lowest BCUT2D eigenvalue weighted by atomic mass is 9.67. The molecule has 122 valence electrons. The van der Waals surface area contributed by atoms with Crippen molar-refractivity contribution in [2.45, 2.75) is 39.0 Å². The molecule has 4 nitrogen and oxygen atoms in total. The van der Waals surface area contributed by atoms with Crippen molar-refractivity contribution in [3.05, 3.63) is 29.8 Å². The second kappa shape index (κ2) is 8.06. The van der Waals surface area contributed by atoms with Crippen LogP contribution in [0.5, 0.6) is 5.75 Å². The van der Waals surface area contributed by atoms with Crippen molar-refractivity contribution in [2.75, 3.05) is 27.2 Å². The zero-order valence-corrected chi connectivity index (χ0v) is 14.1. The van der Waals surface area contributed by atoms with E-state index in [9.17, 15) is 0 Å². The Morgan fingerprint density at radius 1 is 1.27 bits per heavy atom. The molecule has 0 spiro atoms. The highest BCUT2D eigenvalue weighted by molar-refractivity contribution is 5.79. The summed E-state index contributed by atoms with van der Waals surface area (Å²) < 4.78 is 5.38. The van der Waals surface area contributed by atoms with E-state index in [1.165, 1.54) is 31.2 Å². The van der Waals surface area contributed by atoms with E-state index in [-0.39, 0.29) is 0 Å². The number of methoxy groups -OCH3 is 1. The van der Waals surface area contributed by atoms with Gasteiger partial charge in [-0.1, -0.05) is 31.5 Å². The first kappa shape index (κ1) is 16.7. The van der Waals surface area contributed by atoms with Crippen LogP contribution in [-0.4, -0.2) is 33.2 Å². The summed E-state index contributed by atoms with van der Waals surface area (Å²) in [7, 11) is 3.55. The van der Waals surface area contributed by atoms with Gasteiger partial charge in [-0.15, -0.1) is 0 Å². The van der Waals surface area contributed by atoms with Gasteiger partial charge in [-0.25, -0.2) is 0 Å². The van der Waals surface area contributed by atoms with Crippen molar-refractivity contribution in [1.82, 2.24) is 10.6 Å². The summed E-state index contributed by atoms with van der Waals surface area (Å²) in [6.45, 7) is 4.16. The van der Waals surface area contributed by atoms with Crippen LogP contribution in [0.3, 0.4) is 0 Å². The second-order valence-corrected chi connectivity index (χ2v) is 6.12. The average Bonchev–Trinajstić information content (AvgIpc) is 2.52. The van der Waals surface area contributed by atoms with Gasteiger partial charge < -0.3 is 15.4 Å². The fourth-order valence-electron chi connectivity index (χ4n) is 3.05. The zero-order valence-electron chi connectivity index (χ0n) is 14.1. The van der Waals surface area contributed by atoms with Crippen LogP contribution in [-0.2, 0) is 6.42 Å². The van der Waals surface area contributed by atoms with Crippen molar-refractivity contribution in [2.24, 2.45) is 10.4 Å². The first-order valence-electron chi connectivity index (χ1n) is 8.29. The van der Waals surface area contributed by atoms with E-state index < -0.39 is 0 Å². The summed E-state index contributed by atoms with van der Waals surface area (Å²) in [5.74, 6) is 1.85. The average molecular weight is 303 g/mol. The predicted molar refractivity (Wildman–Crippen MR) is 92.6 cm³/mol. The molecular weight excluding hydrogens is 274 g/mol. The SMILES string of the molecule is CCC1(CNC(=NC)NCCc2ccccc2OC)CCC1. The molecular formula is C18H29N3O. The maximum atomic E-state index is 5.38. The molecule has 0 amide bonds. The predicted octanol–water partition coefficient (Wildman–Crippen LogP) is 2.98. The second-order valence-electron chi connectivity index (χ2n) is 6.12. The fourth-order valence-corrected chi connectivity index (χ4v) is 3.05. The van der Waals surface area contributed by atoms with Gasteiger partial charge in [0.2, 0.25) is 0 Å². The summed E-state index contributed by atoms with van der Waals surface area (Å²) in [5, 5.41) is 6.88. The van der Waals surface area contributed by atoms with E-state index in [2.05, 4.69) is 28.6 Å². The largest absolute Gasteiger partial charge is 0.496 e. The van der Waals surface area contributed by atoms with E-state index in [0.29, 0.717) is 5.41 Å². The molecule has 2 N–H and O–H groups in total. The van der Waals surface area contributed by atoms with E-state index >= 15 is 0 Å². The molecule has 1 saturated carbocycles. The van der Waals surface area contributed by atoms with Crippen molar-refractivity contribution in [1.29, 1.82) is 0 Å². The molecule has 0 heterocycles. The summed E-state index contributed by atoms with van der Waals surface area (Å²) in [4.78, 5) is 4.32. The van der Waals surface area contributed by atoms with Crippen molar-refractivity contribution in [3.63, 3.8) is 0 Å². The van der Waals surface area contributed by atoms with E-state index in [1.54, 1.807) is 7.11 Å². The van der Waals surface area contributed by atoms with E-state index in [1.807, 2.05) is 25.2 Å². The van der Waals surface area contributed by atoms with Crippen LogP contribution in [0.1, 0.15) is 38.2 Å². The summed E-state index contributed by atoms with van der Waals surface area (Å²) in [6.07, 6.45) is 6.22. The normalized spacial score (nSPS) is 16.8. The zero-order chi connectivity index (χ0) is 15.8. The Hall–Kier alpha value is -1.71. The number of benzene rings is 1. The number of hydrogen-bond donors (Lipinski definition) is 2.